The van der Waals surface area contributed by atoms with E-state index < -0.39 is 0 Å². The second kappa shape index (κ2) is 4.70. The molecule has 3 heterocycles. The molecule has 110 valence electrons. The van der Waals surface area contributed by atoms with Gasteiger partial charge in [-0.05, 0) is 26.0 Å². The number of nitrogens with zero attached hydrogens (tertiary/aromatic N) is 2. The van der Waals surface area contributed by atoms with Crippen LogP contribution in [0, 0.1) is 6.92 Å². The first-order valence-electron chi connectivity index (χ1n) is 7.46. The number of benzene rings is 1. The second-order valence-electron chi connectivity index (χ2n) is 5.49. The number of hydrogen-bond acceptors (Lipinski definition) is 3. The van der Waals surface area contributed by atoms with Crippen molar-refractivity contribution in [1.82, 2.24) is 9.55 Å². The highest BCUT2D eigenvalue weighted by atomic mass is 16.5. The van der Waals surface area contributed by atoms with Crippen LogP contribution >= 0.6 is 0 Å². The summed E-state index contributed by atoms with van der Waals surface area (Å²) in [6, 6.07) is 12.0. The molecular weight excluding hydrogens is 276 g/mol. The van der Waals surface area contributed by atoms with Gasteiger partial charge in [0.2, 0.25) is 0 Å². The van der Waals surface area contributed by atoms with Gasteiger partial charge in [-0.1, -0.05) is 24.3 Å². The van der Waals surface area contributed by atoms with Gasteiger partial charge in [0.15, 0.2) is 11.8 Å². The summed E-state index contributed by atoms with van der Waals surface area (Å²) in [5, 5.41) is 1.14. The van der Waals surface area contributed by atoms with Crippen LogP contribution in [0.3, 0.4) is 0 Å². The van der Waals surface area contributed by atoms with Gasteiger partial charge in [-0.2, -0.15) is 0 Å². The minimum Gasteiger partial charge on any atom is -0.448 e. The Balaban J connectivity index is 2.01. The van der Waals surface area contributed by atoms with E-state index in [1.54, 1.807) is 6.20 Å². The Kier molecular flexibility index (Phi) is 2.79. The predicted molar refractivity (Wildman–Crippen MR) is 83.8 cm³/mol. The molecule has 1 aliphatic heterocycles. The van der Waals surface area contributed by atoms with E-state index in [9.17, 15) is 4.79 Å². The van der Waals surface area contributed by atoms with Crippen molar-refractivity contribution in [3.63, 3.8) is 0 Å². The fourth-order valence-corrected chi connectivity index (χ4v) is 3.44. The summed E-state index contributed by atoms with van der Waals surface area (Å²) < 4.78 is 7.91. The lowest BCUT2D eigenvalue weighted by molar-refractivity contribution is 0.0453. The molecule has 4 nitrogen and oxygen atoms in total. The van der Waals surface area contributed by atoms with Gasteiger partial charge in [-0.3, -0.25) is 0 Å². The SMILES string of the molecule is CCn1c(C)c(C2OC(=O)c3ncccc32)c2ccccc21. The molecular formula is C18H16N2O2. The van der Waals surface area contributed by atoms with Crippen molar-refractivity contribution in [1.29, 1.82) is 0 Å². The number of carbonyl (C=O) groups is 1. The van der Waals surface area contributed by atoms with E-state index in [2.05, 4.69) is 35.5 Å². The summed E-state index contributed by atoms with van der Waals surface area (Å²) in [5.41, 5.74) is 4.66. The Hall–Kier alpha value is -2.62. The molecule has 0 aliphatic carbocycles. The fourth-order valence-electron chi connectivity index (χ4n) is 3.44. The van der Waals surface area contributed by atoms with Crippen LogP contribution in [0.4, 0.5) is 0 Å². The Morgan fingerprint density at radius 1 is 1.23 bits per heavy atom. The predicted octanol–water partition coefficient (Wildman–Crippen LogP) is 3.62. The molecule has 1 atom stereocenters. The normalized spacial score (nSPS) is 16.8. The molecule has 22 heavy (non-hydrogen) atoms. The number of esters is 1. The first-order valence-corrected chi connectivity index (χ1v) is 7.46. The molecule has 1 unspecified atom stereocenters. The summed E-state index contributed by atoms with van der Waals surface area (Å²) >= 11 is 0. The number of aryl methyl sites for hydroxylation is 1. The minimum atomic E-state index is -0.367. The summed E-state index contributed by atoms with van der Waals surface area (Å²) in [6.07, 6.45) is 1.26. The number of pyridine rings is 1. The molecule has 1 aliphatic rings. The van der Waals surface area contributed by atoms with Crippen molar-refractivity contribution >= 4 is 16.9 Å². The molecule has 0 bridgehead atoms. The third-order valence-corrected chi connectivity index (χ3v) is 4.40. The molecule has 1 aromatic carbocycles. The molecule has 2 aromatic heterocycles. The molecule has 4 heteroatoms. The van der Waals surface area contributed by atoms with E-state index in [1.807, 2.05) is 24.3 Å². The lowest BCUT2D eigenvalue weighted by Crippen LogP contribution is -2.04. The van der Waals surface area contributed by atoms with E-state index in [1.165, 1.54) is 5.52 Å². The van der Waals surface area contributed by atoms with Gasteiger partial charge >= 0.3 is 5.97 Å². The highest BCUT2D eigenvalue weighted by Crippen LogP contribution is 2.40. The molecule has 0 fully saturated rings. The Labute approximate surface area is 128 Å². The van der Waals surface area contributed by atoms with E-state index in [-0.39, 0.29) is 12.1 Å². The summed E-state index contributed by atoms with van der Waals surface area (Å²) in [6.45, 7) is 5.09. The Morgan fingerprint density at radius 3 is 2.86 bits per heavy atom. The smallest absolute Gasteiger partial charge is 0.358 e. The van der Waals surface area contributed by atoms with Crippen molar-refractivity contribution in [3.8, 4) is 0 Å². The van der Waals surface area contributed by atoms with Gasteiger partial charge in [0.1, 0.15) is 0 Å². The van der Waals surface area contributed by atoms with Crippen LogP contribution in [-0.4, -0.2) is 15.5 Å². The van der Waals surface area contributed by atoms with Crippen molar-refractivity contribution < 1.29 is 9.53 Å². The highest BCUT2D eigenvalue weighted by Gasteiger charge is 2.36. The van der Waals surface area contributed by atoms with Gasteiger partial charge in [-0.15, -0.1) is 0 Å². The van der Waals surface area contributed by atoms with Gasteiger partial charge in [-0.25, -0.2) is 9.78 Å². The number of ether oxygens (including phenoxy) is 1. The first-order chi connectivity index (χ1) is 10.7. The van der Waals surface area contributed by atoms with Gasteiger partial charge in [0.25, 0.3) is 0 Å². The quantitative estimate of drug-likeness (QED) is 0.678. The van der Waals surface area contributed by atoms with E-state index in [4.69, 9.17) is 4.74 Å². The summed E-state index contributed by atoms with van der Waals surface area (Å²) in [4.78, 5) is 16.3. The lowest BCUT2D eigenvalue weighted by Gasteiger charge is -2.12. The minimum absolute atomic E-state index is 0.340. The van der Waals surface area contributed by atoms with Crippen LogP contribution in [0.2, 0.25) is 0 Å². The average Bonchev–Trinajstić information content (AvgIpc) is 3.02. The highest BCUT2D eigenvalue weighted by molar-refractivity contribution is 5.94. The van der Waals surface area contributed by atoms with Crippen molar-refractivity contribution in [2.75, 3.05) is 0 Å². The topological polar surface area (TPSA) is 44.1 Å². The number of cyclic esters (lactones) is 1. The summed E-state index contributed by atoms with van der Waals surface area (Å²) in [5.74, 6) is -0.340. The molecule has 0 radical (unpaired) electrons. The molecule has 0 N–H and O–H groups in total. The van der Waals surface area contributed by atoms with Crippen LogP contribution in [0.5, 0.6) is 0 Å². The van der Waals surface area contributed by atoms with Crippen LogP contribution in [0.25, 0.3) is 10.9 Å². The molecule has 3 aromatic rings. The third-order valence-electron chi connectivity index (χ3n) is 4.40. The maximum Gasteiger partial charge on any atom is 0.358 e. The molecule has 0 saturated carbocycles. The number of rotatable bonds is 2. The van der Waals surface area contributed by atoms with Crippen molar-refractivity contribution in [2.45, 2.75) is 26.5 Å². The third kappa shape index (κ3) is 1.64. The number of para-hydroxylation sites is 1. The molecule has 0 amide bonds. The Bertz CT molecular complexity index is 895. The first kappa shape index (κ1) is 13.1. The van der Waals surface area contributed by atoms with Crippen LogP contribution in [0.15, 0.2) is 42.6 Å². The monoisotopic (exact) mass is 292 g/mol. The molecule has 0 saturated heterocycles. The van der Waals surface area contributed by atoms with Crippen molar-refractivity contribution in [2.24, 2.45) is 0 Å². The zero-order valence-electron chi connectivity index (χ0n) is 12.5. The molecule has 0 spiro atoms. The Morgan fingerprint density at radius 2 is 2.05 bits per heavy atom. The van der Waals surface area contributed by atoms with Crippen LogP contribution in [0.1, 0.15) is 40.3 Å². The van der Waals surface area contributed by atoms with Crippen molar-refractivity contribution in [3.05, 3.63) is 65.1 Å². The van der Waals surface area contributed by atoms with E-state index in [0.717, 1.165) is 28.8 Å². The zero-order chi connectivity index (χ0) is 15.3. The molecule has 4 rings (SSSR count). The fraction of sp³-hybridized carbons (Fsp3) is 0.222. The zero-order valence-corrected chi connectivity index (χ0v) is 12.5. The maximum atomic E-state index is 12.1. The second-order valence-corrected chi connectivity index (χ2v) is 5.49. The summed E-state index contributed by atoms with van der Waals surface area (Å²) in [7, 11) is 0. The average molecular weight is 292 g/mol. The van der Waals surface area contributed by atoms with Gasteiger partial charge < -0.3 is 9.30 Å². The maximum absolute atomic E-state index is 12.1. The van der Waals surface area contributed by atoms with Gasteiger partial charge in [0.05, 0.1) is 0 Å². The number of aromatic nitrogens is 2. The standard InChI is InChI=1S/C18H16N2O2/c1-3-20-11(2)15(12-7-4-5-9-14(12)20)17-13-8-6-10-19-16(13)18(21)22-17/h4-10,17H,3H2,1-2H3. The van der Waals surface area contributed by atoms with Gasteiger partial charge in [0, 0.05) is 40.5 Å². The van der Waals surface area contributed by atoms with Crippen LogP contribution in [-0.2, 0) is 11.3 Å². The van der Waals surface area contributed by atoms with E-state index >= 15 is 0 Å². The van der Waals surface area contributed by atoms with Crippen LogP contribution < -0.4 is 0 Å². The number of fused-ring (bicyclic) bond motifs is 2. The number of carbonyl (C=O) groups excluding carboxylic acids is 1. The number of hydrogen-bond donors (Lipinski definition) is 0. The van der Waals surface area contributed by atoms with E-state index in [0.29, 0.717) is 5.69 Å². The largest absolute Gasteiger partial charge is 0.448 e. The lowest BCUT2D eigenvalue weighted by atomic mass is 9.99.